The predicted molar refractivity (Wildman–Crippen MR) is 79.3 cm³/mol. The van der Waals surface area contributed by atoms with Crippen LogP contribution in [0.15, 0.2) is 18.3 Å². The van der Waals surface area contributed by atoms with Crippen LogP contribution in [0.5, 0.6) is 5.75 Å². The lowest BCUT2D eigenvalue weighted by Crippen LogP contribution is -2.01. The van der Waals surface area contributed by atoms with E-state index >= 15 is 0 Å². The Labute approximate surface area is 121 Å². The summed E-state index contributed by atoms with van der Waals surface area (Å²) in [6, 6.07) is 3.12. The quantitative estimate of drug-likeness (QED) is 0.613. The molecule has 0 radical (unpaired) electrons. The van der Waals surface area contributed by atoms with Crippen molar-refractivity contribution < 1.29 is 14.6 Å². The molecular weight excluding hydrogens is 254 g/mol. The largest absolute Gasteiger partial charge is 0.492 e. The maximum Gasteiger partial charge on any atom is 0.354 e. The summed E-state index contributed by atoms with van der Waals surface area (Å²) in [5, 5.41) is 8.72. The van der Waals surface area contributed by atoms with Gasteiger partial charge in [-0.3, -0.25) is 0 Å². The first-order valence-corrected chi connectivity index (χ1v) is 7.56. The number of carboxylic acids is 1. The van der Waals surface area contributed by atoms with Crippen LogP contribution in [-0.4, -0.2) is 22.7 Å². The molecule has 0 amide bonds. The Morgan fingerprint density at radius 3 is 2.30 bits per heavy atom. The van der Waals surface area contributed by atoms with Crippen molar-refractivity contribution in [2.45, 2.75) is 58.3 Å². The molecule has 4 heteroatoms. The summed E-state index contributed by atoms with van der Waals surface area (Å²) >= 11 is 0. The zero-order chi connectivity index (χ0) is 14.6. The van der Waals surface area contributed by atoms with E-state index < -0.39 is 5.97 Å². The molecule has 1 aromatic heterocycles. The fourth-order valence-electron chi connectivity index (χ4n) is 2.02. The topological polar surface area (TPSA) is 59.4 Å². The maximum atomic E-state index is 10.6. The molecule has 20 heavy (non-hydrogen) atoms. The standard InChI is InChI=1S/C16H25NO3/c1-2-3-4-5-6-7-8-9-12-20-14-10-11-15(16(18)19)17-13-14/h10-11,13H,2-9,12H2,1H3,(H,18,19). The first-order chi connectivity index (χ1) is 9.74. The van der Waals surface area contributed by atoms with E-state index in [4.69, 9.17) is 9.84 Å². The van der Waals surface area contributed by atoms with E-state index in [0.29, 0.717) is 12.4 Å². The number of hydrogen-bond donors (Lipinski definition) is 1. The second kappa shape index (κ2) is 10.2. The van der Waals surface area contributed by atoms with Crippen molar-refractivity contribution in [1.29, 1.82) is 0 Å². The highest BCUT2D eigenvalue weighted by molar-refractivity contribution is 5.85. The highest BCUT2D eigenvalue weighted by Crippen LogP contribution is 2.11. The molecule has 1 aromatic rings. The number of carbonyl (C=O) groups is 1. The van der Waals surface area contributed by atoms with Crippen LogP contribution in [0.2, 0.25) is 0 Å². The van der Waals surface area contributed by atoms with Crippen molar-refractivity contribution in [3.63, 3.8) is 0 Å². The number of hydrogen-bond acceptors (Lipinski definition) is 3. The molecule has 1 N–H and O–H groups in total. The maximum absolute atomic E-state index is 10.6. The van der Waals surface area contributed by atoms with E-state index in [1.54, 1.807) is 6.07 Å². The lowest BCUT2D eigenvalue weighted by molar-refractivity contribution is 0.0690. The van der Waals surface area contributed by atoms with Gasteiger partial charge >= 0.3 is 5.97 Å². The molecule has 4 nitrogen and oxygen atoms in total. The number of ether oxygens (including phenoxy) is 1. The number of nitrogens with zero attached hydrogens (tertiary/aromatic N) is 1. The van der Waals surface area contributed by atoms with Gasteiger partial charge < -0.3 is 9.84 Å². The van der Waals surface area contributed by atoms with Gasteiger partial charge in [0.25, 0.3) is 0 Å². The molecule has 0 saturated heterocycles. The van der Waals surface area contributed by atoms with E-state index in [0.717, 1.165) is 6.42 Å². The molecule has 0 spiro atoms. The molecule has 112 valence electrons. The smallest absolute Gasteiger partial charge is 0.354 e. The number of unbranched alkanes of at least 4 members (excludes halogenated alkanes) is 7. The highest BCUT2D eigenvalue weighted by Gasteiger charge is 2.03. The van der Waals surface area contributed by atoms with Gasteiger partial charge in [0.05, 0.1) is 12.8 Å². The third kappa shape index (κ3) is 7.12. The van der Waals surface area contributed by atoms with Gasteiger partial charge in [-0.15, -0.1) is 0 Å². The third-order valence-electron chi connectivity index (χ3n) is 3.22. The van der Waals surface area contributed by atoms with E-state index in [-0.39, 0.29) is 5.69 Å². The Balaban J connectivity index is 2.02. The summed E-state index contributed by atoms with van der Waals surface area (Å²) in [7, 11) is 0. The predicted octanol–water partition coefficient (Wildman–Crippen LogP) is 4.30. The van der Waals surface area contributed by atoms with E-state index in [9.17, 15) is 4.79 Å². The van der Waals surface area contributed by atoms with Crippen molar-refractivity contribution in [1.82, 2.24) is 4.98 Å². The van der Waals surface area contributed by atoms with Crippen LogP contribution in [0.25, 0.3) is 0 Å². The number of pyridine rings is 1. The number of aromatic carboxylic acids is 1. The van der Waals surface area contributed by atoms with Crippen molar-refractivity contribution in [2.24, 2.45) is 0 Å². The Hall–Kier alpha value is -1.58. The van der Waals surface area contributed by atoms with Crippen LogP contribution >= 0.6 is 0 Å². The molecule has 0 aromatic carbocycles. The zero-order valence-electron chi connectivity index (χ0n) is 12.3. The normalized spacial score (nSPS) is 10.4. The average Bonchev–Trinajstić information content (AvgIpc) is 2.46. The minimum absolute atomic E-state index is 0.0458. The van der Waals surface area contributed by atoms with E-state index in [2.05, 4.69) is 11.9 Å². The van der Waals surface area contributed by atoms with Gasteiger partial charge in [0.2, 0.25) is 0 Å². The fourth-order valence-corrected chi connectivity index (χ4v) is 2.02. The highest BCUT2D eigenvalue weighted by atomic mass is 16.5. The monoisotopic (exact) mass is 279 g/mol. The summed E-state index contributed by atoms with van der Waals surface area (Å²) in [5.41, 5.74) is 0.0458. The van der Waals surface area contributed by atoms with Crippen LogP contribution in [0.3, 0.4) is 0 Å². The van der Waals surface area contributed by atoms with E-state index in [1.165, 1.54) is 57.2 Å². The molecule has 0 bridgehead atoms. The number of aromatic nitrogens is 1. The fraction of sp³-hybridized carbons (Fsp3) is 0.625. The van der Waals surface area contributed by atoms with Crippen LogP contribution in [0, 0.1) is 0 Å². The molecule has 0 aliphatic heterocycles. The summed E-state index contributed by atoms with van der Waals surface area (Å²) in [5.74, 6) is -0.377. The van der Waals surface area contributed by atoms with Gasteiger partial charge in [0.1, 0.15) is 11.4 Å². The van der Waals surface area contributed by atoms with Crippen LogP contribution in [0.4, 0.5) is 0 Å². The van der Waals surface area contributed by atoms with Gasteiger partial charge in [-0.25, -0.2) is 9.78 Å². The zero-order valence-corrected chi connectivity index (χ0v) is 12.3. The molecule has 1 rings (SSSR count). The summed E-state index contributed by atoms with van der Waals surface area (Å²) in [4.78, 5) is 14.4. The molecular formula is C16H25NO3. The van der Waals surface area contributed by atoms with Crippen molar-refractivity contribution in [2.75, 3.05) is 6.61 Å². The molecule has 0 aliphatic carbocycles. The number of rotatable bonds is 11. The third-order valence-corrected chi connectivity index (χ3v) is 3.22. The molecule has 1 heterocycles. The Morgan fingerprint density at radius 2 is 1.75 bits per heavy atom. The second-order valence-electron chi connectivity index (χ2n) is 5.01. The summed E-state index contributed by atoms with van der Waals surface area (Å²) in [6.07, 6.45) is 11.6. The SMILES string of the molecule is CCCCCCCCCCOc1ccc(C(=O)O)nc1. The van der Waals surface area contributed by atoms with Crippen LogP contribution in [-0.2, 0) is 0 Å². The number of carboxylic acid groups (broad SMARTS) is 1. The Kier molecular flexibility index (Phi) is 8.43. The molecule has 0 atom stereocenters. The Morgan fingerprint density at radius 1 is 1.10 bits per heavy atom. The minimum Gasteiger partial charge on any atom is -0.492 e. The lowest BCUT2D eigenvalue weighted by atomic mass is 10.1. The van der Waals surface area contributed by atoms with Crippen molar-refractivity contribution in [3.05, 3.63) is 24.0 Å². The first kappa shape index (κ1) is 16.5. The summed E-state index contributed by atoms with van der Waals surface area (Å²) in [6.45, 7) is 2.90. The first-order valence-electron chi connectivity index (χ1n) is 7.56. The van der Waals surface area contributed by atoms with Gasteiger partial charge in [-0.1, -0.05) is 51.9 Å². The van der Waals surface area contributed by atoms with Crippen molar-refractivity contribution >= 4 is 5.97 Å². The average molecular weight is 279 g/mol. The molecule has 0 aliphatic rings. The molecule has 0 unspecified atom stereocenters. The van der Waals surface area contributed by atoms with Gasteiger partial charge in [0.15, 0.2) is 0 Å². The Bertz CT molecular complexity index is 376. The van der Waals surface area contributed by atoms with Gasteiger partial charge in [-0.05, 0) is 18.6 Å². The lowest BCUT2D eigenvalue weighted by Gasteiger charge is -2.06. The van der Waals surface area contributed by atoms with E-state index in [1.807, 2.05) is 0 Å². The van der Waals surface area contributed by atoms with Crippen LogP contribution < -0.4 is 4.74 Å². The van der Waals surface area contributed by atoms with Crippen LogP contribution in [0.1, 0.15) is 68.8 Å². The van der Waals surface area contributed by atoms with Gasteiger partial charge in [-0.2, -0.15) is 0 Å². The minimum atomic E-state index is -1.01. The van der Waals surface area contributed by atoms with Gasteiger partial charge in [0, 0.05) is 0 Å². The van der Waals surface area contributed by atoms with Crippen molar-refractivity contribution in [3.8, 4) is 5.75 Å². The molecule has 0 saturated carbocycles. The summed E-state index contributed by atoms with van der Waals surface area (Å²) < 4.78 is 5.53. The second-order valence-corrected chi connectivity index (χ2v) is 5.01. The molecule has 0 fully saturated rings.